The summed E-state index contributed by atoms with van der Waals surface area (Å²) < 4.78 is 0. The molecule has 0 fully saturated rings. The predicted octanol–water partition coefficient (Wildman–Crippen LogP) is 1.07. The second kappa shape index (κ2) is 4.05. The summed E-state index contributed by atoms with van der Waals surface area (Å²) >= 11 is 0. The monoisotopic (exact) mass is 234 g/mol. The molecule has 0 aliphatic carbocycles. The van der Waals surface area contributed by atoms with Gasteiger partial charge in [-0.05, 0) is 42.9 Å². The van der Waals surface area contributed by atoms with Gasteiger partial charge in [0.25, 0.3) is 0 Å². The highest BCUT2D eigenvalue weighted by Crippen LogP contribution is 2.16. The van der Waals surface area contributed by atoms with Crippen LogP contribution in [0.3, 0.4) is 0 Å². The predicted molar refractivity (Wildman–Crippen MR) is 70.4 cm³/mol. The molecule has 4 N–H and O–H groups in total. The van der Waals surface area contributed by atoms with E-state index in [1.165, 1.54) is 5.56 Å². The van der Waals surface area contributed by atoms with Gasteiger partial charge in [-0.25, -0.2) is 0 Å². The minimum atomic E-state index is -2.24. The summed E-state index contributed by atoms with van der Waals surface area (Å²) in [6.07, 6.45) is 2.83. The molecule has 1 aromatic carbocycles. The van der Waals surface area contributed by atoms with Crippen LogP contribution in [0, 0.1) is 0 Å². The van der Waals surface area contributed by atoms with Crippen LogP contribution in [0.15, 0.2) is 24.4 Å². The Balaban J connectivity index is 2.51. The van der Waals surface area contributed by atoms with E-state index in [0.29, 0.717) is 6.54 Å². The average Bonchev–Trinajstić information content (AvgIpc) is 2.60. The second-order valence-electron chi connectivity index (χ2n) is 4.68. The first-order valence-corrected chi connectivity index (χ1v) is 8.50. The van der Waals surface area contributed by atoms with Crippen molar-refractivity contribution in [3.8, 4) is 0 Å². The summed E-state index contributed by atoms with van der Waals surface area (Å²) in [5.41, 5.74) is 7.87. The van der Waals surface area contributed by atoms with Crippen molar-refractivity contribution in [2.75, 3.05) is 6.54 Å². The molecule has 0 amide bonds. The van der Waals surface area contributed by atoms with Crippen molar-refractivity contribution in [2.45, 2.75) is 19.5 Å². The van der Waals surface area contributed by atoms with Crippen molar-refractivity contribution in [1.29, 1.82) is 0 Å². The standard InChI is InChI=1S/C12H18N2OSi/c1-16(2,15)12-8-14-11-7-9(5-6-13)3-4-10(11)12/h3-4,7-8,14-15H,5-6,13H2,1-2H3. The lowest BCUT2D eigenvalue weighted by Gasteiger charge is -2.12. The molecule has 1 aromatic heterocycles. The van der Waals surface area contributed by atoms with Gasteiger partial charge in [0.2, 0.25) is 8.32 Å². The van der Waals surface area contributed by atoms with Crippen molar-refractivity contribution in [3.05, 3.63) is 30.0 Å². The number of H-pyrrole nitrogens is 1. The van der Waals surface area contributed by atoms with Crippen molar-refractivity contribution >= 4 is 24.4 Å². The van der Waals surface area contributed by atoms with Gasteiger partial charge < -0.3 is 15.5 Å². The maximum absolute atomic E-state index is 10.1. The fourth-order valence-corrected chi connectivity index (χ4v) is 3.30. The van der Waals surface area contributed by atoms with E-state index in [0.717, 1.165) is 22.5 Å². The number of nitrogens with two attached hydrogens (primary N) is 1. The zero-order chi connectivity index (χ0) is 11.8. The van der Waals surface area contributed by atoms with Crippen molar-refractivity contribution < 1.29 is 4.80 Å². The van der Waals surface area contributed by atoms with Crippen LogP contribution < -0.4 is 10.9 Å². The molecule has 0 radical (unpaired) electrons. The molecule has 0 aliphatic rings. The zero-order valence-corrected chi connectivity index (χ0v) is 10.7. The highest BCUT2D eigenvalue weighted by molar-refractivity contribution is 6.85. The molecule has 1 heterocycles. The van der Waals surface area contributed by atoms with Crippen molar-refractivity contribution in [3.63, 3.8) is 0 Å². The van der Waals surface area contributed by atoms with Crippen LogP contribution in [0.1, 0.15) is 5.56 Å². The quantitative estimate of drug-likeness (QED) is 0.696. The maximum atomic E-state index is 10.1. The summed E-state index contributed by atoms with van der Waals surface area (Å²) in [6.45, 7) is 4.53. The van der Waals surface area contributed by atoms with E-state index in [1.54, 1.807) is 0 Å². The van der Waals surface area contributed by atoms with Crippen LogP contribution in [0.4, 0.5) is 0 Å². The molecule has 0 saturated heterocycles. The molecule has 0 atom stereocenters. The van der Waals surface area contributed by atoms with Gasteiger partial charge in [-0.2, -0.15) is 0 Å². The molecule has 0 aliphatic heterocycles. The first-order chi connectivity index (χ1) is 7.52. The number of nitrogens with one attached hydrogen (secondary N) is 1. The Morgan fingerprint density at radius 2 is 2.12 bits per heavy atom. The highest BCUT2D eigenvalue weighted by Gasteiger charge is 2.23. The third-order valence-electron chi connectivity index (χ3n) is 2.84. The topological polar surface area (TPSA) is 62.0 Å². The fourth-order valence-electron chi connectivity index (χ4n) is 2.00. The van der Waals surface area contributed by atoms with E-state index in [9.17, 15) is 4.80 Å². The van der Waals surface area contributed by atoms with E-state index in [2.05, 4.69) is 23.2 Å². The number of rotatable bonds is 3. The summed E-state index contributed by atoms with van der Waals surface area (Å²) in [7, 11) is -2.24. The Morgan fingerprint density at radius 3 is 2.75 bits per heavy atom. The van der Waals surface area contributed by atoms with Gasteiger partial charge >= 0.3 is 0 Å². The Labute approximate surface area is 96.4 Å². The van der Waals surface area contributed by atoms with Gasteiger partial charge in [-0.1, -0.05) is 12.1 Å². The second-order valence-corrected chi connectivity index (χ2v) is 8.34. The third kappa shape index (κ3) is 2.04. The molecule has 16 heavy (non-hydrogen) atoms. The van der Waals surface area contributed by atoms with Crippen LogP contribution in [0.25, 0.3) is 10.9 Å². The minimum absolute atomic E-state index is 0.666. The summed E-state index contributed by atoms with van der Waals surface area (Å²) in [4.78, 5) is 13.4. The van der Waals surface area contributed by atoms with Gasteiger partial charge in [-0.15, -0.1) is 0 Å². The van der Waals surface area contributed by atoms with E-state index in [4.69, 9.17) is 5.73 Å². The lowest BCUT2D eigenvalue weighted by Crippen LogP contribution is -2.40. The number of fused-ring (bicyclic) bond motifs is 1. The first-order valence-electron chi connectivity index (χ1n) is 5.55. The minimum Gasteiger partial charge on any atom is -0.428 e. The number of hydrogen-bond acceptors (Lipinski definition) is 2. The van der Waals surface area contributed by atoms with E-state index in [1.807, 2.05) is 19.3 Å². The zero-order valence-electron chi connectivity index (χ0n) is 9.75. The van der Waals surface area contributed by atoms with Crippen LogP contribution >= 0.6 is 0 Å². The first kappa shape index (κ1) is 11.4. The molecular weight excluding hydrogens is 216 g/mol. The molecule has 2 rings (SSSR count). The Morgan fingerprint density at radius 1 is 1.38 bits per heavy atom. The van der Waals surface area contributed by atoms with Crippen LogP contribution in [0.5, 0.6) is 0 Å². The summed E-state index contributed by atoms with van der Waals surface area (Å²) in [5.74, 6) is 0. The average molecular weight is 234 g/mol. The third-order valence-corrected chi connectivity index (χ3v) is 4.57. The van der Waals surface area contributed by atoms with Crippen LogP contribution in [0.2, 0.25) is 13.1 Å². The van der Waals surface area contributed by atoms with Gasteiger partial charge in [-0.3, -0.25) is 0 Å². The molecule has 86 valence electrons. The summed E-state index contributed by atoms with van der Waals surface area (Å²) in [5, 5.41) is 2.21. The molecule has 2 aromatic rings. The molecule has 0 saturated carbocycles. The van der Waals surface area contributed by atoms with Crippen LogP contribution in [-0.2, 0) is 6.42 Å². The van der Waals surface area contributed by atoms with Gasteiger partial charge in [0.05, 0.1) is 0 Å². The SMILES string of the molecule is C[Si](C)(O)c1c[nH]c2cc(CCN)ccc12. The molecule has 0 bridgehead atoms. The molecule has 0 unspecified atom stereocenters. The number of hydrogen-bond donors (Lipinski definition) is 3. The number of benzene rings is 1. The largest absolute Gasteiger partial charge is 0.428 e. The molecule has 3 nitrogen and oxygen atoms in total. The van der Waals surface area contributed by atoms with E-state index >= 15 is 0 Å². The fraction of sp³-hybridized carbons (Fsp3) is 0.333. The molecule has 0 spiro atoms. The number of aromatic amines is 1. The summed E-state index contributed by atoms with van der Waals surface area (Å²) in [6, 6.07) is 6.29. The van der Waals surface area contributed by atoms with Gasteiger partial charge in [0.1, 0.15) is 0 Å². The van der Waals surface area contributed by atoms with Gasteiger partial charge in [0.15, 0.2) is 0 Å². The van der Waals surface area contributed by atoms with Crippen LogP contribution in [-0.4, -0.2) is 24.6 Å². The van der Waals surface area contributed by atoms with E-state index in [-0.39, 0.29) is 0 Å². The lowest BCUT2D eigenvalue weighted by atomic mass is 10.1. The Kier molecular flexibility index (Phi) is 2.88. The number of aromatic nitrogens is 1. The smallest absolute Gasteiger partial charge is 0.216 e. The molecular formula is C12H18N2OSi. The maximum Gasteiger partial charge on any atom is 0.216 e. The molecule has 4 heteroatoms. The Hall–Kier alpha value is -1.10. The lowest BCUT2D eigenvalue weighted by molar-refractivity contribution is 0.569. The van der Waals surface area contributed by atoms with Gasteiger partial charge in [0, 0.05) is 17.1 Å². The highest BCUT2D eigenvalue weighted by atomic mass is 28.4. The van der Waals surface area contributed by atoms with Crippen molar-refractivity contribution in [1.82, 2.24) is 4.98 Å². The van der Waals surface area contributed by atoms with Crippen molar-refractivity contribution in [2.24, 2.45) is 5.73 Å². The Bertz CT molecular complexity index is 499. The van der Waals surface area contributed by atoms with E-state index < -0.39 is 8.32 Å². The normalized spacial score (nSPS) is 12.2.